The van der Waals surface area contributed by atoms with E-state index in [0.29, 0.717) is 11.0 Å². The first-order valence-electron chi connectivity index (χ1n) is 8.89. The van der Waals surface area contributed by atoms with Crippen molar-refractivity contribution in [2.45, 2.75) is 104 Å². The Hall–Kier alpha value is 0.177. The van der Waals surface area contributed by atoms with E-state index in [4.69, 9.17) is 4.43 Å². The molecule has 0 N–H and O–H groups in total. The fraction of sp³-hybridized carbons (Fsp3) is 1.00. The van der Waals surface area contributed by atoms with Crippen LogP contribution in [0.1, 0.15) is 86.0 Å². The monoisotopic (exact) mass is 300 g/mol. The maximum Gasteiger partial charge on any atom is 0.192 e. The lowest BCUT2D eigenvalue weighted by molar-refractivity contribution is 0.258. The van der Waals surface area contributed by atoms with Gasteiger partial charge in [-0.2, -0.15) is 0 Å². The number of unbranched alkanes of at least 4 members (excludes halogenated alkanes) is 7. The van der Waals surface area contributed by atoms with E-state index in [9.17, 15) is 0 Å². The molecule has 0 aliphatic carbocycles. The van der Waals surface area contributed by atoms with Gasteiger partial charge in [-0.1, -0.05) is 79.6 Å². The molecule has 0 amide bonds. The summed E-state index contributed by atoms with van der Waals surface area (Å²) in [7, 11) is -1.58. The first-order valence-corrected chi connectivity index (χ1v) is 11.8. The average molecular weight is 301 g/mol. The minimum Gasteiger partial charge on any atom is -0.417 e. The van der Waals surface area contributed by atoms with E-state index >= 15 is 0 Å². The van der Waals surface area contributed by atoms with Crippen LogP contribution in [0.4, 0.5) is 0 Å². The number of hydrogen-bond acceptors (Lipinski definition) is 1. The van der Waals surface area contributed by atoms with Gasteiger partial charge in [0.05, 0.1) is 0 Å². The zero-order valence-electron chi connectivity index (χ0n) is 15.3. The van der Waals surface area contributed by atoms with Crippen LogP contribution >= 0.6 is 0 Å². The van der Waals surface area contributed by atoms with Crippen molar-refractivity contribution >= 4 is 8.32 Å². The molecule has 0 aliphatic rings. The van der Waals surface area contributed by atoms with Crippen molar-refractivity contribution in [1.29, 1.82) is 0 Å². The Bertz CT molecular complexity index is 234. The molecule has 0 fully saturated rings. The Morgan fingerprint density at radius 2 is 1.30 bits per heavy atom. The molecule has 0 aromatic heterocycles. The van der Waals surface area contributed by atoms with Crippen molar-refractivity contribution in [3.8, 4) is 0 Å². The van der Waals surface area contributed by atoms with Crippen molar-refractivity contribution in [2.75, 3.05) is 6.61 Å². The SMILES string of the molecule is CCCCCCCCCCO[Si](C)(C)C(C)(C)C(C)C. The molecule has 0 saturated heterocycles. The number of rotatable bonds is 12. The van der Waals surface area contributed by atoms with Gasteiger partial charge in [0, 0.05) is 6.61 Å². The fourth-order valence-corrected chi connectivity index (χ4v) is 4.86. The molecule has 122 valence electrons. The molecule has 0 aromatic carbocycles. The van der Waals surface area contributed by atoms with Gasteiger partial charge in [0.2, 0.25) is 0 Å². The third-order valence-electron chi connectivity index (χ3n) is 5.46. The summed E-state index contributed by atoms with van der Waals surface area (Å²) in [5.41, 5.74) is 0. The molecule has 0 rings (SSSR count). The lowest BCUT2D eigenvalue weighted by Gasteiger charge is -2.42. The Balaban J connectivity index is 3.69. The van der Waals surface area contributed by atoms with E-state index < -0.39 is 8.32 Å². The number of hydrogen-bond donors (Lipinski definition) is 0. The normalized spacial score (nSPS) is 13.2. The van der Waals surface area contributed by atoms with Crippen LogP contribution in [0, 0.1) is 5.92 Å². The van der Waals surface area contributed by atoms with Crippen LogP contribution in [0.25, 0.3) is 0 Å². The van der Waals surface area contributed by atoms with E-state index in [1.165, 1.54) is 51.4 Å². The van der Waals surface area contributed by atoms with E-state index in [1.54, 1.807) is 0 Å². The van der Waals surface area contributed by atoms with E-state index in [2.05, 4.69) is 47.7 Å². The van der Waals surface area contributed by atoms with Crippen LogP contribution < -0.4 is 0 Å². The minimum absolute atomic E-state index is 0.354. The fourth-order valence-electron chi connectivity index (χ4n) is 2.44. The van der Waals surface area contributed by atoms with Gasteiger partial charge in [-0.3, -0.25) is 0 Å². The van der Waals surface area contributed by atoms with Gasteiger partial charge in [-0.25, -0.2) is 0 Å². The highest BCUT2D eigenvalue weighted by molar-refractivity contribution is 6.74. The Morgan fingerprint density at radius 1 is 0.850 bits per heavy atom. The second-order valence-electron chi connectivity index (χ2n) is 7.71. The molecule has 0 spiro atoms. The zero-order valence-corrected chi connectivity index (χ0v) is 16.3. The lowest BCUT2D eigenvalue weighted by atomic mass is 9.99. The van der Waals surface area contributed by atoms with Crippen LogP contribution in [0.3, 0.4) is 0 Å². The van der Waals surface area contributed by atoms with E-state index in [-0.39, 0.29) is 0 Å². The lowest BCUT2D eigenvalue weighted by Crippen LogP contribution is -2.45. The highest BCUT2D eigenvalue weighted by Crippen LogP contribution is 2.44. The van der Waals surface area contributed by atoms with Gasteiger partial charge in [-0.05, 0) is 30.5 Å². The first-order chi connectivity index (χ1) is 9.25. The van der Waals surface area contributed by atoms with Crippen molar-refractivity contribution in [2.24, 2.45) is 5.92 Å². The summed E-state index contributed by atoms with van der Waals surface area (Å²) in [5, 5.41) is 0.354. The first kappa shape index (κ1) is 20.2. The van der Waals surface area contributed by atoms with Crippen LogP contribution in [0.15, 0.2) is 0 Å². The van der Waals surface area contributed by atoms with Crippen molar-refractivity contribution < 1.29 is 4.43 Å². The largest absolute Gasteiger partial charge is 0.417 e. The Morgan fingerprint density at radius 3 is 1.75 bits per heavy atom. The summed E-state index contributed by atoms with van der Waals surface area (Å²) in [6.07, 6.45) is 11.0. The molecule has 0 saturated carbocycles. The Labute approximate surface area is 130 Å². The quantitative estimate of drug-likeness (QED) is 0.285. The smallest absolute Gasteiger partial charge is 0.192 e. The summed E-state index contributed by atoms with van der Waals surface area (Å²) in [6, 6.07) is 0. The second-order valence-corrected chi connectivity index (χ2v) is 12.3. The minimum atomic E-state index is -1.58. The predicted molar refractivity (Wildman–Crippen MR) is 94.9 cm³/mol. The maximum absolute atomic E-state index is 6.34. The van der Waals surface area contributed by atoms with Crippen molar-refractivity contribution in [1.82, 2.24) is 0 Å². The van der Waals surface area contributed by atoms with Crippen LogP contribution in [-0.4, -0.2) is 14.9 Å². The van der Waals surface area contributed by atoms with Crippen LogP contribution in [0.5, 0.6) is 0 Å². The van der Waals surface area contributed by atoms with Crippen molar-refractivity contribution in [3.63, 3.8) is 0 Å². The molecule has 0 aromatic rings. The molecular formula is C18H40OSi. The van der Waals surface area contributed by atoms with Gasteiger partial charge in [-0.15, -0.1) is 0 Å². The third-order valence-corrected chi connectivity index (χ3v) is 10.1. The maximum atomic E-state index is 6.34. The van der Waals surface area contributed by atoms with Crippen LogP contribution in [0.2, 0.25) is 18.1 Å². The highest BCUT2D eigenvalue weighted by Gasteiger charge is 2.42. The average Bonchev–Trinajstić information content (AvgIpc) is 2.36. The summed E-state index contributed by atoms with van der Waals surface area (Å²) >= 11 is 0. The molecule has 0 unspecified atom stereocenters. The van der Waals surface area contributed by atoms with Gasteiger partial charge >= 0.3 is 0 Å². The van der Waals surface area contributed by atoms with Crippen molar-refractivity contribution in [3.05, 3.63) is 0 Å². The van der Waals surface area contributed by atoms with Gasteiger partial charge in [0.25, 0.3) is 0 Å². The molecule has 0 heterocycles. The summed E-state index contributed by atoms with van der Waals surface area (Å²) < 4.78 is 6.34. The zero-order chi connectivity index (χ0) is 15.6. The third kappa shape index (κ3) is 7.26. The van der Waals surface area contributed by atoms with Gasteiger partial charge in [0.15, 0.2) is 8.32 Å². The standard InChI is InChI=1S/C18H40OSi/c1-8-9-10-11-12-13-14-15-16-19-20(6,7)18(4,5)17(2)3/h17H,8-16H2,1-7H3. The van der Waals surface area contributed by atoms with Gasteiger partial charge in [0.1, 0.15) is 0 Å². The van der Waals surface area contributed by atoms with E-state index in [0.717, 1.165) is 6.61 Å². The molecule has 20 heavy (non-hydrogen) atoms. The highest BCUT2D eigenvalue weighted by atomic mass is 28.4. The molecule has 2 heteroatoms. The molecule has 0 bridgehead atoms. The summed E-state index contributed by atoms with van der Waals surface area (Å²) in [4.78, 5) is 0. The topological polar surface area (TPSA) is 9.23 Å². The predicted octanol–water partition coefficient (Wildman–Crippen LogP) is 6.79. The second kappa shape index (κ2) is 10.00. The summed E-state index contributed by atoms with van der Waals surface area (Å²) in [5.74, 6) is 0.697. The van der Waals surface area contributed by atoms with Crippen LogP contribution in [-0.2, 0) is 4.43 Å². The molecule has 0 atom stereocenters. The molecule has 1 nitrogen and oxygen atoms in total. The molecule has 0 aliphatic heterocycles. The van der Waals surface area contributed by atoms with Gasteiger partial charge < -0.3 is 4.43 Å². The van der Waals surface area contributed by atoms with E-state index in [1.807, 2.05) is 0 Å². The molecular weight excluding hydrogens is 260 g/mol. The summed E-state index contributed by atoms with van der Waals surface area (Å²) in [6.45, 7) is 17.5. The Kier molecular flexibility index (Phi) is 10.1. The molecule has 0 radical (unpaired) electrons.